The minimum absolute atomic E-state index is 0.129. The summed E-state index contributed by atoms with van der Waals surface area (Å²) in [6.45, 7) is 9.37. The lowest BCUT2D eigenvalue weighted by atomic mass is 10.1. The van der Waals surface area contributed by atoms with Gasteiger partial charge in [-0.15, -0.1) is 0 Å². The average Bonchev–Trinajstić information content (AvgIpc) is 2.51. The number of rotatable bonds is 7. The van der Waals surface area contributed by atoms with Crippen molar-refractivity contribution in [3.8, 4) is 0 Å². The number of hydrogen-bond acceptors (Lipinski definition) is 4. The highest BCUT2D eigenvalue weighted by Crippen LogP contribution is 2.24. The maximum absolute atomic E-state index is 11.3. The Morgan fingerprint density at radius 2 is 2.14 bits per heavy atom. The first-order valence-electron chi connectivity index (χ1n) is 7.94. The predicted octanol–water partition coefficient (Wildman–Crippen LogP) is 0.965. The average molecular weight is 351 g/mol. The Hall–Kier alpha value is -0.470. The molecule has 1 saturated heterocycles. The van der Waals surface area contributed by atoms with Crippen LogP contribution in [0.15, 0.2) is 4.99 Å². The van der Waals surface area contributed by atoms with E-state index in [-0.39, 0.29) is 5.75 Å². The minimum atomic E-state index is -3.08. The molecule has 2 N–H and O–H groups in total. The molecule has 0 spiro atoms. The van der Waals surface area contributed by atoms with E-state index in [1.54, 1.807) is 14.0 Å². The molecule has 1 unspecified atom stereocenters. The second-order valence-corrected chi connectivity index (χ2v) is 9.17. The van der Waals surface area contributed by atoms with E-state index in [2.05, 4.69) is 33.8 Å². The van der Waals surface area contributed by atoms with Crippen LogP contribution in [-0.2, 0) is 10.0 Å². The maximum atomic E-state index is 11.3. The van der Waals surface area contributed by atoms with Gasteiger partial charge in [0.25, 0.3) is 0 Å². The molecule has 1 rings (SSSR count). The summed E-state index contributed by atoms with van der Waals surface area (Å²) in [4.78, 5) is 6.65. The van der Waals surface area contributed by atoms with Gasteiger partial charge in [-0.3, -0.25) is 4.99 Å². The molecule has 0 radical (unpaired) electrons. The van der Waals surface area contributed by atoms with Crippen molar-refractivity contribution in [2.24, 2.45) is 10.9 Å². The number of guanidine groups is 1. The van der Waals surface area contributed by atoms with Gasteiger partial charge in [-0.1, -0.05) is 13.8 Å². The van der Waals surface area contributed by atoms with Crippen LogP contribution in [-0.4, -0.2) is 69.3 Å². The van der Waals surface area contributed by atoms with Crippen molar-refractivity contribution in [1.82, 2.24) is 14.9 Å². The second kappa shape index (κ2) is 9.62. The zero-order chi connectivity index (χ0) is 16.6. The molecule has 1 heterocycles. The summed E-state index contributed by atoms with van der Waals surface area (Å²) >= 11 is 2.04. The van der Waals surface area contributed by atoms with Crippen molar-refractivity contribution in [3.63, 3.8) is 0 Å². The van der Waals surface area contributed by atoms with Gasteiger partial charge in [0.1, 0.15) is 0 Å². The molecule has 1 atom stereocenters. The molecule has 0 saturated carbocycles. The summed E-state index contributed by atoms with van der Waals surface area (Å²) in [5.74, 6) is 2.84. The van der Waals surface area contributed by atoms with Crippen LogP contribution in [0.2, 0.25) is 0 Å². The largest absolute Gasteiger partial charge is 0.356 e. The van der Waals surface area contributed by atoms with E-state index >= 15 is 0 Å². The molecule has 6 nitrogen and oxygen atoms in total. The number of sulfonamides is 1. The lowest BCUT2D eigenvalue weighted by Crippen LogP contribution is -2.49. The maximum Gasteiger partial charge on any atom is 0.211 e. The number of nitrogens with one attached hydrogen (secondary N) is 2. The van der Waals surface area contributed by atoms with Crippen molar-refractivity contribution in [1.29, 1.82) is 0 Å². The van der Waals surface area contributed by atoms with Gasteiger partial charge in [0.05, 0.1) is 5.75 Å². The molecule has 1 aliphatic rings. The van der Waals surface area contributed by atoms with Crippen molar-refractivity contribution < 1.29 is 8.42 Å². The Morgan fingerprint density at radius 3 is 2.73 bits per heavy atom. The predicted molar refractivity (Wildman–Crippen MR) is 96.1 cm³/mol. The van der Waals surface area contributed by atoms with E-state index in [1.165, 1.54) is 0 Å². The molecule has 130 valence electrons. The molecular formula is C14H30N4O2S2. The first-order valence-corrected chi connectivity index (χ1v) is 10.6. The molecule has 0 aromatic carbocycles. The summed E-state index contributed by atoms with van der Waals surface area (Å²) in [6, 6.07) is 0. The quantitative estimate of drug-likeness (QED) is 0.406. The van der Waals surface area contributed by atoms with E-state index in [4.69, 9.17) is 0 Å². The van der Waals surface area contributed by atoms with Crippen LogP contribution in [0.5, 0.6) is 0 Å². The van der Waals surface area contributed by atoms with Gasteiger partial charge in [0.15, 0.2) is 5.96 Å². The van der Waals surface area contributed by atoms with Gasteiger partial charge < -0.3 is 10.2 Å². The van der Waals surface area contributed by atoms with Crippen LogP contribution in [0.3, 0.4) is 0 Å². The third kappa shape index (κ3) is 6.75. The van der Waals surface area contributed by atoms with Crippen molar-refractivity contribution >= 4 is 27.7 Å². The lowest BCUT2D eigenvalue weighted by Gasteiger charge is -2.36. The normalized spacial score (nSPS) is 20.5. The van der Waals surface area contributed by atoms with Crippen LogP contribution in [0.1, 0.15) is 27.2 Å². The van der Waals surface area contributed by atoms with Crippen LogP contribution >= 0.6 is 11.8 Å². The molecule has 1 aliphatic heterocycles. The first-order chi connectivity index (χ1) is 10.4. The number of hydrogen-bond donors (Lipinski definition) is 2. The molecule has 0 bridgehead atoms. The van der Waals surface area contributed by atoms with Gasteiger partial charge >= 0.3 is 0 Å². The summed E-state index contributed by atoms with van der Waals surface area (Å²) < 4.78 is 25.2. The molecule has 0 amide bonds. The molecule has 0 aromatic rings. The Labute approximate surface area is 139 Å². The Morgan fingerprint density at radius 1 is 1.41 bits per heavy atom. The summed E-state index contributed by atoms with van der Waals surface area (Å²) in [7, 11) is -1.28. The SMILES string of the molecule is CCS(=O)(=O)NCCCNC(=NC)N1CCSC(C(C)C)C1. The van der Waals surface area contributed by atoms with Crippen LogP contribution in [0.25, 0.3) is 0 Å². The van der Waals surface area contributed by atoms with Gasteiger partial charge in [-0.25, -0.2) is 13.1 Å². The molecule has 22 heavy (non-hydrogen) atoms. The molecule has 8 heteroatoms. The Bertz CT molecular complexity index is 452. The summed E-state index contributed by atoms with van der Waals surface area (Å²) in [5.41, 5.74) is 0. The fraction of sp³-hybridized carbons (Fsp3) is 0.929. The van der Waals surface area contributed by atoms with E-state index in [1.807, 2.05) is 11.8 Å². The third-order valence-corrected chi connectivity index (χ3v) is 6.63. The molecule has 1 fully saturated rings. The molecule has 0 aliphatic carbocycles. The van der Waals surface area contributed by atoms with Gasteiger partial charge in [0.2, 0.25) is 10.0 Å². The fourth-order valence-electron chi connectivity index (χ4n) is 2.22. The Balaban J connectivity index is 2.33. The highest BCUT2D eigenvalue weighted by atomic mass is 32.2. The molecular weight excluding hydrogens is 320 g/mol. The third-order valence-electron chi connectivity index (χ3n) is 3.69. The zero-order valence-corrected chi connectivity index (χ0v) is 15.8. The number of thioether (sulfide) groups is 1. The highest BCUT2D eigenvalue weighted by Gasteiger charge is 2.24. The van der Waals surface area contributed by atoms with E-state index in [0.717, 1.165) is 37.8 Å². The fourth-order valence-corrected chi connectivity index (χ4v) is 4.18. The van der Waals surface area contributed by atoms with E-state index in [0.29, 0.717) is 17.7 Å². The smallest absolute Gasteiger partial charge is 0.211 e. The van der Waals surface area contributed by atoms with Crippen molar-refractivity contribution in [2.75, 3.05) is 44.7 Å². The van der Waals surface area contributed by atoms with Gasteiger partial charge in [-0.2, -0.15) is 11.8 Å². The molecule has 0 aromatic heterocycles. The monoisotopic (exact) mass is 350 g/mol. The first kappa shape index (κ1) is 19.6. The number of aliphatic imine (C=N–C) groups is 1. The van der Waals surface area contributed by atoms with Gasteiger partial charge in [0, 0.05) is 44.2 Å². The second-order valence-electron chi connectivity index (χ2n) is 5.72. The summed E-state index contributed by atoms with van der Waals surface area (Å²) in [6.07, 6.45) is 0.744. The number of nitrogens with zero attached hydrogens (tertiary/aromatic N) is 2. The minimum Gasteiger partial charge on any atom is -0.356 e. The zero-order valence-electron chi connectivity index (χ0n) is 14.1. The van der Waals surface area contributed by atoms with E-state index < -0.39 is 10.0 Å². The highest BCUT2D eigenvalue weighted by molar-refractivity contribution is 8.00. The van der Waals surface area contributed by atoms with Gasteiger partial charge in [-0.05, 0) is 19.3 Å². The van der Waals surface area contributed by atoms with Crippen molar-refractivity contribution in [3.05, 3.63) is 0 Å². The topological polar surface area (TPSA) is 73.8 Å². The van der Waals surface area contributed by atoms with Crippen LogP contribution in [0.4, 0.5) is 0 Å². The standard InChI is InChI=1S/C14H30N4O2S2/c1-5-22(19,20)17-8-6-7-16-14(15-4)18-9-10-21-13(11-18)12(2)3/h12-13,17H,5-11H2,1-4H3,(H,15,16). The van der Waals surface area contributed by atoms with E-state index in [9.17, 15) is 8.42 Å². The van der Waals surface area contributed by atoms with Crippen molar-refractivity contribution in [2.45, 2.75) is 32.4 Å². The van der Waals surface area contributed by atoms with Crippen LogP contribution in [0, 0.1) is 5.92 Å². The van der Waals surface area contributed by atoms with Crippen LogP contribution < -0.4 is 10.0 Å². The Kier molecular flexibility index (Phi) is 8.56. The summed E-state index contributed by atoms with van der Waals surface area (Å²) in [5, 5.41) is 3.98. The lowest BCUT2D eigenvalue weighted by molar-refractivity contribution is 0.380.